The van der Waals surface area contributed by atoms with Crippen molar-refractivity contribution in [1.29, 1.82) is 0 Å². The van der Waals surface area contributed by atoms with E-state index >= 15 is 0 Å². The summed E-state index contributed by atoms with van der Waals surface area (Å²) in [6, 6.07) is 7.00. The molecule has 3 unspecified atom stereocenters. The Hall–Kier alpha value is -2.64. The van der Waals surface area contributed by atoms with E-state index in [2.05, 4.69) is 6.58 Å². The molecule has 2 rings (SSSR count). The summed E-state index contributed by atoms with van der Waals surface area (Å²) in [5.74, 6) is -1.28. The van der Waals surface area contributed by atoms with Gasteiger partial charge in [-0.25, -0.2) is 9.59 Å². The molecule has 1 aliphatic heterocycles. The summed E-state index contributed by atoms with van der Waals surface area (Å²) in [7, 11) is 1.33. The molecule has 3 atom stereocenters. The highest BCUT2D eigenvalue weighted by atomic mass is 16.7. The van der Waals surface area contributed by atoms with Crippen molar-refractivity contribution in [3.63, 3.8) is 0 Å². The zero-order chi connectivity index (χ0) is 21.2. The van der Waals surface area contributed by atoms with Crippen LogP contribution in [0.1, 0.15) is 41.6 Å². The monoisotopic (exact) mass is 404 g/mol. The quantitative estimate of drug-likeness (QED) is 0.473. The fourth-order valence-electron chi connectivity index (χ4n) is 3.30. The van der Waals surface area contributed by atoms with Gasteiger partial charge in [0.25, 0.3) is 0 Å². The largest absolute Gasteiger partial charge is 0.465 e. The van der Waals surface area contributed by atoms with Gasteiger partial charge < -0.3 is 24.1 Å². The van der Waals surface area contributed by atoms with Crippen molar-refractivity contribution in [2.24, 2.45) is 5.92 Å². The Morgan fingerprint density at radius 1 is 1.24 bits per heavy atom. The van der Waals surface area contributed by atoms with Crippen LogP contribution in [0.2, 0.25) is 0 Å². The van der Waals surface area contributed by atoms with Gasteiger partial charge in [0.15, 0.2) is 0 Å². The summed E-state index contributed by atoms with van der Waals surface area (Å²) in [6.07, 6.45) is 3.74. The van der Waals surface area contributed by atoms with E-state index in [-0.39, 0.29) is 30.8 Å². The Labute approximate surface area is 170 Å². The molecule has 1 aromatic rings. The minimum Gasteiger partial charge on any atom is -0.465 e. The summed E-state index contributed by atoms with van der Waals surface area (Å²) < 4.78 is 21.4. The van der Waals surface area contributed by atoms with Crippen LogP contribution in [0.15, 0.2) is 48.8 Å². The number of hydrogen-bond acceptors (Lipinski definition) is 7. The van der Waals surface area contributed by atoms with Crippen LogP contribution in [0.5, 0.6) is 0 Å². The number of rotatable bonds is 10. The molecule has 0 radical (unpaired) electrons. The molecule has 0 spiro atoms. The van der Waals surface area contributed by atoms with Crippen molar-refractivity contribution in [2.75, 3.05) is 26.9 Å². The average molecular weight is 404 g/mol. The number of hydrogen-bond donors (Lipinski definition) is 1. The third-order valence-corrected chi connectivity index (χ3v) is 4.66. The molecule has 1 aliphatic rings. The van der Waals surface area contributed by atoms with Gasteiger partial charge >= 0.3 is 11.9 Å². The van der Waals surface area contributed by atoms with E-state index in [0.29, 0.717) is 25.0 Å². The standard InChI is InChI=1S/C22H28O7/c1-4-13-28-21(25)19-14-18(15-8-10-16(11-9-15)20(24)26-3)17(7-6-12-23)22(29-19)27-5-2/h4,8-11,14,17-18,22-23H,1,5-7,12-13H2,2-3H3. The van der Waals surface area contributed by atoms with Crippen LogP contribution in [-0.2, 0) is 23.7 Å². The molecule has 0 bridgehead atoms. The van der Waals surface area contributed by atoms with E-state index in [0.717, 1.165) is 5.56 Å². The number of ether oxygens (including phenoxy) is 4. The lowest BCUT2D eigenvalue weighted by Gasteiger charge is -2.36. The second-order valence-electron chi connectivity index (χ2n) is 6.53. The van der Waals surface area contributed by atoms with Crippen LogP contribution in [0.4, 0.5) is 0 Å². The van der Waals surface area contributed by atoms with Crippen molar-refractivity contribution in [1.82, 2.24) is 0 Å². The van der Waals surface area contributed by atoms with E-state index in [4.69, 9.17) is 18.9 Å². The molecule has 1 heterocycles. The first kappa shape index (κ1) is 22.6. The number of carbonyl (C=O) groups excluding carboxylic acids is 2. The third-order valence-electron chi connectivity index (χ3n) is 4.66. The summed E-state index contributed by atoms with van der Waals surface area (Å²) in [5.41, 5.74) is 1.33. The van der Waals surface area contributed by atoms with E-state index < -0.39 is 18.2 Å². The van der Waals surface area contributed by atoms with Crippen LogP contribution in [0.3, 0.4) is 0 Å². The predicted molar refractivity (Wildman–Crippen MR) is 106 cm³/mol. The highest BCUT2D eigenvalue weighted by Gasteiger charge is 2.38. The van der Waals surface area contributed by atoms with Crippen molar-refractivity contribution in [2.45, 2.75) is 32.0 Å². The zero-order valence-electron chi connectivity index (χ0n) is 16.8. The first-order valence-corrected chi connectivity index (χ1v) is 9.62. The lowest BCUT2D eigenvalue weighted by Crippen LogP contribution is -2.36. The topological polar surface area (TPSA) is 91.3 Å². The number of aliphatic hydroxyl groups excluding tert-OH is 1. The number of carbonyl (C=O) groups is 2. The number of aliphatic hydroxyl groups is 1. The number of allylic oxidation sites excluding steroid dienone is 1. The molecular formula is C22H28O7. The molecule has 1 aromatic carbocycles. The number of methoxy groups -OCH3 is 1. The van der Waals surface area contributed by atoms with E-state index in [1.807, 2.05) is 19.1 Å². The van der Waals surface area contributed by atoms with Crippen LogP contribution < -0.4 is 0 Å². The van der Waals surface area contributed by atoms with Gasteiger partial charge in [0.2, 0.25) is 12.0 Å². The SMILES string of the molecule is C=CCOC(=O)C1=CC(c2ccc(C(=O)OC)cc2)C(CCCO)C(OCC)O1. The molecule has 7 nitrogen and oxygen atoms in total. The Morgan fingerprint density at radius 2 is 1.97 bits per heavy atom. The van der Waals surface area contributed by atoms with Crippen molar-refractivity contribution in [3.8, 4) is 0 Å². The predicted octanol–water partition coefficient (Wildman–Crippen LogP) is 2.95. The van der Waals surface area contributed by atoms with Crippen molar-refractivity contribution in [3.05, 3.63) is 59.9 Å². The van der Waals surface area contributed by atoms with Gasteiger partial charge in [0.1, 0.15) is 6.61 Å². The lowest BCUT2D eigenvalue weighted by molar-refractivity contribution is -0.175. The van der Waals surface area contributed by atoms with Crippen molar-refractivity contribution < 1.29 is 33.6 Å². The second kappa shape index (κ2) is 11.4. The minimum atomic E-state index is -0.659. The normalized spacial score (nSPS) is 20.9. The van der Waals surface area contributed by atoms with Gasteiger partial charge in [0, 0.05) is 25.0 Å². The Morgan fingerprint density at radius 3 is 2.55 bits per heavy atom. The van der Waals surface area contributed by atoms with E-state index in [1.54, 1.807) is 18.2 Å². The van der Waals surface area contributed by atoms with Crippen molar-refractivity contribution >= 4 is 11.9 Å². The van der Waals surface area contributed by atoms with Gasteiger partial charge in [-0.15, -0.1) is 0 Å². The lowest BCUT2D eigenvalue weighted by atomic mass is 9.80. The van der Waals surface area contributed by atoms with Gasteiger partial charge in [0.05, 0.1) is 12.7 Å². The summed E-state index contributed by atoms with van der Waals surface area (Å²) in [5, 5.41) is 9.30. The Balaban J connectivity index is 2.39. The summed E-state index contributed by atoms with van der Waals surface area (Å²) >= 11 is 0. The molecule has 0 saturated carbocycles. The van der Waals surface area contributed by atoms with Gasteiger partial charge in [-0.3, -0.25) is 0 Å². The fourth-order valence-corrected chi connectivity index (χ4v) is 3.30. The average Bonchev–Trinajstić information content (AvgIpc) is 2.75. The Bertz CT molecular complexity index is 723. The maximum absolute atomic E-state index is 12.4. The molecular weight excluding hydrogens is 376 g/mol. The molecule has 7 heteroatoms. The minimum absolute atomic E-state index is 0.0429. The van der Waals surface area contributed by atoms with Crippen LogP contribution in [0, 0.1) is 5.92 Å². The van der Waals surface area contributed by atoms with Gasteiger partial charge in [-0.2, -0.15) is 0 Å². The smallest absolute Gasteiger partial charge is 0.373 e. The fraction of sp³-hybridized carbons (Fsp3) is 0.455. The van der Waals surface area contributed by atoms with Gasteiger partial charge in [-0.1, -0.05) is 24.8 Å². The summed E-state index contributed by atoms with van der Waals surface area (Å²) in [4.78, 5) is 24.1. The molecule has 1 N–H and O–H groups in total. The van der Waals surface area contributed by atoms with Crippen LogP contribution in [-0.4, -0.2) is 50.3 Å². The molecule has 158 valence electrons. The molecule has 0 saturated heterocycles. The number of benzene rings is 1. The van der Waals surface area contributed by atoms with Crippen LogP contribution in [0.25, 0.3) is 0 Å². The first-order chi connectivity index (χ1) is 14.0. The maximum atomic E-state index is 12.4. The molecule has 0 amide bonds. The van der Waals surface area contributed by atoms with Crippen LogP contribution >= 0.6 is 0 Å². The first-order valence-electron chi connectivity index (χ1n) is 9.62. The zero-order valence-corrected chi connectivity index (χ0v) is 16.8. The summed E-state index contributed by atoms with van der Waals surface area (Å²) in [6.45, 7) is 5.91. The van der Waals surface area contributed by atoms with E-state index in [9.17, 15) is 14.7 Å². The highest BCUT2D eigenvalue weighted by Crippen LogP contribution is 2.39. The third kappa shape index (κ3) is 5.92. The van der Waals surface area contributed by atoms with E-state index in [1.165, 1.54) is 13.2 Å². The molecule has 0 fully saturated rings. The molecule has 0 aromatic heterocycles. The highest BCUT2D eigenvalue weighted by molar-refractivity contribution is 5.89. The molecule has 0 aliphatic carbocycles. The molecule has 29 heavy (non-hydrogen) atoms. The Kier molecular flexibility index (Phi) is 8.89. The van der Waals surface area contributed by atoms with Gasteiger partial charge in [-0.05, 0) is 43.5 Å². The number of esters is 2. The maximum Gasteiger partial charge on any atom is 0.373 e. The second-order valence-corrected chi connectivity index (χ2v) is 6.53.